The van der Waals surface area contributed by atoms with Crippen LogP contribution in [-0.2, 0) is 4.79 Å². The van der Waals surface area contributed by atoms with E-state index in [4.69, 9.17) is 23.2 Å². The van der Waals surface area contributed by atoms with Crippen LogP contribution in [0.4, 0.5) is 5.69 Å². The van der Waals surface area contributed by atoms with Gasteiger partial charge in [0.25, 0.3) is 0 Å². The first-order chi connectivity index (χ1) is 8.02. The number of hydrogen-bond donors (Lipinski definition) is 0. The van der Waals surface area contributed by atoms with E-state index in [1.165, 1.54) is 0 Å². The van der Waals surface area contributed by atoms with Crippen molar-refractivity contribution in [2.24, 2.45) is 5.92 Å². The van der Waals surface area contributed by atoms with Gasteiger partial charge in [0.15, 0.2) is 0 Å². The van der Waals surface area contributed by atoms with E-state index in [1.54, 1.807) is 17.0 Å². The second kappa shape index (κ2) is 5.47. The van der Waals surface area contributed by atoms with Crippen LogP contribution < -0.4 is 4.90 Å². The lowest BCUT2D eigenvalue weighted by molar-refractivity contribution is -0.117. The zero-order chi connectivity index (χ0) is 12.6. The van der Waals surface area contributed by atoms with Crippen LogP contribution in [-0.4, -0.2) is 18.3 Å². The molecule has 1 aliphatic rings. The lowest BCUT2D eigenvalue weighted by atomic mass is 10.1. The molecular formula is C11H9Br2Cl2NO. The number of nitrogens with zero attached hydrogens (tertiary/aromatic N) is 1. The highest BCUT2D eigenvalue weighted by Crippen LogP contribution is 2.39. The third-order valence-electron chi connectivity index (χ3n) is 2.67. The molecule has 0 radical (unpaired) electrons. The van der Waals surface area contributed by atoms with Gasteiger partial charge in [-0.3, -0.25) is 4.79 Å². The van der Waals surface area contributed by atoms with E-state index in [0.29, 0.717) is 23.9 Å². The molecule has 6 heteroatoms. The van der Waals surface area contributed by atoms with E-state index < -0.39 is 0 Å². The quantitative estimate of drug-likeness (QED) is 0.670. The zero-order valence-electron chi connectivity index (χ0n) is 8.72. The molecule has 1 atom stereocenters. The molecule has 2 rings (SSSR count). The summed E-state index contributed by atoms with van der Waals surface area (Å²) in [4.78, 5) is 13.7. The van der Waals surface area contributed by atoms with Crippen LogP contribution in [0.25, 0.3) is 0 Å². The molecule has 0 aliphatic carbocycles. The van der Waals surface area contributed by atoms with Gasteiger partial charge in [-0.15, -0.1) is 11.6 Å². The summed E-state index contributed by atoms with van der Waals surface area (Å²) in [6.07, 6.45) is 0.505. The van der Waals surface area contributed by atoms with Gasteiger partial charge in [0, 0.05) is 32.8 Å². The van der Waals surface area contributed by atoms with Gasteiger partial charge in [0.1, 0.15) is 0 Å². The van der Waals surface area contributed by atoms with E-state index in [2.05, 4.69) is 31.9 Å². The van der Waals surface area contributed by atoms with E-state index in [9.17, 15) is 4.79 Å². The van der Waals surface area contributed by atoms with Crippen LogP contribution in [0, 0.1) is 5.92 Å². The Morgan fingerprint density at radius 3 is 2.41 bits per heavy atom. The predicted molar refractivity (Wildman–Crippen MR) is 78.0 cm³/mol. The van der Waals surface area contributed by atoms with E-state index >= 15 is 0 Å². The predicted octanol–water partition coefficient (Wildman–Crippen LogP) is 4.46. The van der Waals surface area contributed by atoms with Crippen molar-refractivity contribution in [3.8, 4) is 0 Å². The Morgan fingerprint density at radius 1 is 1.35 bits per heavy atom. The van der Waals surface area contributed by atoms with Crippen molar-refractivity contribution in [1.82, 2.24) is 0 Å². The van der Waals surface area contributed by atoms with Gasteiger partial charge in [-0.2, -0.15) is 0 Å². The fourth-order valence-electron chi connectivity index (χ4n) is 1.89. The van der Waals surface area contributed by atoms with Crippen molar-refractivity contribution in [3.63, 3.8) is 0 Å². The molecule has 1 unspecified atom stereocenters. The van der Waals surface area contributed by atoms with Crippen molar-refractivity contribution in [3.05, 3.63) is 26.1 Å². The van der Waals surface area contributed by atoms with Crippen molar-refractivity contribution < 1.29 is 4.79 Å². The molecule has 1 heterocycles. The minimum absolute atomic E-state index is 0.0966. The van der Waals surface area contributed by atoms with Gasteiger partial charge >= 0.3 is 0 Å². The van der Waals surface area contributed by atoms with Gasteiger partial charge in [0.05, 0.1) is 5.69 Å². The maximum absolute atomic E-state index is 11.9. The number of benzene rings is 1. The van der Waals surface area contributed by atoms with Crippen LogP contribution in [0.15, 0.2) is 21.1 Å². The number of carbonyl (C=O) groups excluding carboxylic acids is 1. The Labute approximate surface area is 127 Å². The Hall–Kier alpha value is 0.230. The minimum atomic E-state index is 0.0966. The second-order valence-corrected chi connectivity index (χ2v) is 6.40. The number of anilines is 1. The van der Waals surface area contributed by atoms with Gasteiger partial charge in [-0.25, -0.2) is 0 Å². The summed E-state index contributed by atoms with van der Waals surface area (Å²) in [6.45, 7) is 0.654. The average molecular weight is 402 g/mol. The highest BCUT2D eigenvalue weighted by atomic mass is 79.9. The standard InChI is InChI=1S/C11H9Br2Cl2NO/c12-8-2-7(15)3-9(13)11(8)16-5-6(4-14)1-10(16)17/h2-3,6H,1,4-5H2. The fourth-order valence-corrected chi connectivity index (χ4v) is 4.20. The van der Waals surface area contributed by atoms with Crippen LogP contribution >= 0.6 is 55.1 Å². The molecule has 17 heavy (non-hydrogen) atoms. The molecular weight excluding hydrogens is 393 g/mol. The van der Waals surface area contributed by atoms with Crippen molar-refractivity contribution in [2.75, 3.05) is 17.3 Å². The van der Waals surface area contributed by atoms with E-state index in [1.807, 2.05) is 0 Å². The first-order valence-electron chi connectivity index (χ1n) is 5.03. The summed E-state index contributed by atoms with van der Waals surface area (Å²) >= 11 is 18.6. The highest BCUT2D eigenvalue weighted by Gasteiger charge is 2.32. The Morgan fingerprint density at radius 2 is 1.94 bits per heavy atom. The number of rotatable bonds is 2. The SMILES string of the molecule is O=C1CC(CCl)CN1c1c(Br)cc(Cl)cc1Br. The van der Waals surface area contributed by atoms with E-state index in [0.717, 1.165) is 14.6 Å². The third kappa shape index (κ3) is 2.80. The summed E-state index contributed by atoms with van der Waals surface area (Å²) in [7, 11) is 0. The van der Waals surface area contributed by atoms with Crippen LogP contribution in [0.1, 0.15) is 6.42 Å². The minimum Gasteiger partial charge on any atom is -0.310 e. The Kier molecular flexibility index (Phi) is 4.40. The van der Waals surface area contributed by atoms with E-state index in [-0.39, 0.29) is 11.8 Å². The largest absolute Gasteiger partial charge is 0.310 e. The van der Waals surface area contributed by atoms with Crippen LogP contribution in [0.5, 0.6) is 0 Å². The van der Waals surface area contributed by atoms with Crippen molar-refractivity contribution in [2.45, 2.75) is 6.42 Å². The molecule has 1 aliphatic heterocycles. The molecule has 0 bridgehead atoms. The fraction of sp³-hybridized carbons (Fsp3) is 0.364. The third-order valence-corrected chi connectivity index (χ3v) is 4.54. The smallest absolute Gasteiger partial charge is 0.227 e. The second-order valence-electron chi connectivity index (χ2n) is 3.95. The topological polar surface area (TPSA) is 20.3 Å². The summed E-state index contributed by atoms with van der Waals surface area (Å²) < 4.78 is 1.61. The molecule has 2 nitrogen and oxygen atoms in total. The Bertz CT molecular complexity index is 444. The molecule has 0 N–H and O–H groups in total. The van der Waals surface area contributed by atoms with Gasteiger partial charge in [-0.1, -0.05) is 11.6 Å². The summed E-state index contributed by atoms with van der Waals surface area (Å²) in [6, 6.07) is 3.56. The lowest BCUT2D eigenvalue weighted by Gasteiger charge is -2.20. The van der Waals surface area contributed by atoms with Gasteiger partial charge in [-0.05, 0) is 49.9 Å². The molecule has 92 valence electrons. The molecule has 1 aromatic rings. The van der Waals surface area contributed by atoms with Gasteiger partial charge < -0.3 is 4.90 Å². The molecule has 0 aromatic heterocycles. The lowest BCUT2D eigenvalue weighted by Crippen LogP contribution is -2.25. The molecule has 0 spiro atoms. The van der Waals surface area contributed by atoms with Crippen molar-refractivity contribution >= 4 is 66.7 Å². The summed E-state index contributed by atoms with van der Waals surface area (Å²) in [5, 5.41) is 0.619. The molecule has 1 fully saturated rings. The first kappa shape index (κ1) is 13.7. The number of amides is 1. The molecule has 1 amide bonds. The Balaban J connectivity index is 2.38. The van der Waals surface area contributed by atoms with Gasteiger partial charge in [0.2, 0.25) is 5.91 Å². The first-order valence-corrected chi connectivity index (χ1v) is 7.53. The van der Waals surface area contributed by atoms with Crippen molar-refractivity contribution in [1.29, 1.82) is 0 Å². The normalized spacial score (nSPS) is 20.1. The maximum Gasteiger partial charge on any atom is 0.227 e. The highest BCUT2D eigenvalue weighted by molar-refractivity contribution is 9.11. The zero-order valence-corrected chi connectivity index (χ0v) is 13.4. The monoisotopic (exact) mass is 399 g/mol. The van der Waals surface area contributed by atoms with Crippen LogP contribution in [0.2, 0.25) is 5.02 Å². The molecule has 0 saturated carbocycles. The average Bonchev–Trinajstić information content (AvgIpc) is 2.59. The molecule has 1 aromatic carbocycles. The number of alkyl halides is 1. The number of hydrogen-bond acceptors (Lipinski definition) is 1. The van der Waals surface area contributed by atoms with Crippen LogP contribution in [0.3, 0.4) is 0 Å². The summed E-state index contributed by atoms with van der Waals surface area (Å²) in [5.74, 6) is 0.823. The summed E-state index contributed by atoms with van der Waals surface area (Å²) in [5.41, 5.74) is 0.826. The number of carbonyl (C=O) groups is 1. The molecule has 1 saturated heterocycles. The maximum atomic E-state index is 11.9. The number of halogens is 4.